The number of hydrogen-bond acceptors (Lipinski definition) is 4. The van der Waals surface area contributed by atoms with Crippen LogP contribution >= 0.6 is 0 Å². The summed E-state index contributed by atoms with van der Waals surface area (Å²) < 4.78 is 0. The topological polar surface area (TPSA) is 69.6 Å². The number of benzene rings is 2. The maximum Gasteiger partial charge on any atom is 0.217 e. The van der Waals surface area contributed by atoms with Gasteiger partial charge in [-0.05, 0) is 24.8 Å². The van der Waals surface area contributed by atoms with Gasteiger partial charge in [0, 0.05) is 38.5 Å². The number of nitrogens with zero attached hydrogens (tertiary/aromatic N) is 1. The molecule has 1 aliphatic heterocycles. The van der Waals surface area contributed by atoms with E-state index in [1.54, 1.807) is 12.1 Å². The Hall–Kier alpha value is -2.50. The van der Waals surface area contributed by atoms with Gasteiger partial charge in [0.25, 0.3) is 0 Å². The van der Waals surface area contributed by atoms with E-state index in [9.17, 15) is 14.7 Å². The Labute approximate surface area is 172 Å². The Morgan fingerprint density at radius 3 is 2.21 bits per heavy atom. The summed E-state index contributed by atoms with van der Waals surface area (Å²) in [4.78, 5) is 26.6. The number of ketones is 1. The normalized spacial score (nSPS) is 17.4. The van der Waals surface area contributed by atoms with E-state index in [-0.39, 0.29) is 11.7 Å². The number of nitrogens with one attached hydrogen (secondary N) is 1. The lowest BCUT2D eigenvalue weighted by atomic mass is 9.85. The first-order valence-corrected chi connectivity index (χ1v) is 10.3. The standard InChI is InChI=1S/C24H30N2O3/c1-19(27)25-22(23(28)21-10-6-3-7-11-21)12-15-26-16-13-24(29,14-17-26)18-20-8-4-2-5-9-20/h2-11,22,29H,12-18H2,1H3,(H,25,27). The molecule has 1 aliphatic rings. The van der Waals surface area contributed by atoms with Crippen molar-refractivity contribution in [1.82, 2.24) is 10.2 Å². The molecule has 0 spiro atoms. The highest BCUT2D eigenvalue weighted by Crippen LogP contribution is 2.26. The average Bonchev–Trinajstić information content (AvgIpc) is 2.73. The predicted molar refractivity (Wildman–Crippen MR) is 114 cm³/mol. The minimum atomic E-state index is -0.672. The van der Waals surface area contributed by atoms with Crippen LogP contribution in [0.1, 0.15) is 42.1 Å². The highest BCUT2D eigenvalue weighted by molar-refractivity contribution is 6.01. The fourth-order valence-electron chi connectivity index (χ4n) is 3.97. The Balaban J connectivity index is 1.53. The number of hydrogen-bond donors (Lipinski definition) is 2. The van der Waals surface area contributed by atoms with Crippen LogP contribution in [0.5, 0.6) is 0 Å². The molecule has 5 heteroatoms. The third-order valence-electron chi connectivity index (χ3n) is 5.65. The van der Waals surface area contributed by atoms with Crippen molar-refractivity contribution >= 4 is 11.7 Å². The first kappa shape index (κ1) is 21.2. The molecule has 2 N–H and O–H groups in total. The summed E-state index contributed by atoms with van der Waals surface area (Å²) in [6, 6.07) is 18.7. The van der Waals surface area contributed by atoms with Gasteiger partial charge in [0.2, 0.25) is 5.91 Å². The lowest BCUT2D eigenvalue weighted by molar-refractivity contribution is -0.119. The van der Waals surface area contributed by atoms with Crippen LogP contribution in [0.3, 0.4) is 0 Å². The van der Waals surface area contributed by atoms with Crippen molar-refractivity contribution in [2.24, 2.45) is 0 Å². The third kappa shape index (κ3) is 6.24. The molecule has 1 unspecified atom stereocenters. The van der Waals surface area contributed by atoms with Crippen LogP contribution in [-0.4, -0.2) is 53.0 Å². The van der Waals surface area contributed by atoms with Gasteiger partial charge in [-0.25, -0.2) is 0 Å². The monoisotopic (exact) mass is 394 g/mol. The number of piperidine rings is 1. The summed E-state index contributed by atoms with van der Waals surface area (Å²) in [5, 5.41) is 13.7. The van der Waals surface area contributed by atoms with Crippen LogP contribution in [0.4, 0.5) is 0 Å². The zero-order chi connectivity index (χ0) is 20.7. The van der Waals surface area contributed by atoms with Gasteiger partial charge in [-0.1, -0.05) is 60.7 Å². The number of likely N-dealkylation sites (tertiary alicyclic amines) is 1. The molecule has 1 saturated heterocycles. The number of carbonyl (C=O) groups excluding carboxylic acids is 2. The van der Waals surface area contributed by atoms with Crippen molar-refractivity contribution in [3.8, 4) is 0 Å². The molecule has 29 heavy (non-hydrogen) atoms. The minimum Gasteiger partial charge on any atom is -0.389 e. The van der Waals surface area contributed by atoms with E-state index in [0.717, 1.165) is 18.7 Å². The molecule has 1 atom stereocenters. The predicted octanol–water partition coefficient (Wildman–Crippen LogP) is 2.83. The Kier molecular flexibility index (Phi) is 7.18. The van der Waals surface area contributed by atoms with Crippen molar-refractivity contribution in [2.45, 2.75) is 44.2 Å². The van der Waals surface area contributed by atoms with Gasteiger partial charge in [0.15, 0.2) is 5.78 Å². The van der Waals surface area contributed by atoms with Gasteiger partial charge in [0.05, 0.1) is 11.6 Å². The van der Waals surface area contributed by atoms with Gasteiger partial charge in [-0.15, -0.1) is 0 Å². The molecule has 1 fully saturated rings. The lowest BCUT2D eigenvalue weighted by Gasteiger charge is -2.38. The summed E-state index contributed by atoms with van der Waals surface area (Å²) in [6.07, 6.45) is 2.64. The number of rotatable bonds is 8. The Bertz CT molecular complexity index is 799. The second kappa shape index (κ2) is 9.81. The second-order valence-electron chi connectivity index (χ2n) is 8.00. The fourth-order valence-corrected chi connectivity index (χ4v) is 3.97. The van der Waals surface area contributed by atoms with E-state index < -0.39 is 11.6 Å². The van der Waals surface area contributed by atoms with Crippen molar-refractivity contribution < 1.29 is 14.7 Å². The molecule has 1 heterocycles. The zero-order valence-corrected chi connectivity index (χ0v) is 17.0. The lowest BCUT2D eigenvalue weighted by Crippen LogP contribution is -2.48. The van der Waals surface area contributed by atoms with E-state index in [1.165, 1.54) is 6.92 Å². The molecular weight excluding hydrogens is 364 g/mol. The Morgan fingerprint density at radius 2 is 1.62 bits per heavy atom. The summed E-state index contributed by atoms with van der Waals surface area (Å²) in [5.74, 6) is -0.256. The van der Waals surface area contributed by atoms with Crippen LogP contribution < -0.4 is 5.32 Å². The number of aliphatic hydroxyl groups is 1. The van der Waals surface area contributed by atoms with Gasteiger partial charge in [0.1, 0.15) is 0 Å². The smallest absolute Gasteiger partial charge is 0.217 e. The van der Waals surface area contributed by atoms with Gasteiger partial charge in [-0.3, -0.25) is 9.59 Å². The molecule has 1 amide bonds. The third-order valence-corrected chi connectivity index (χ3v) is 5.65. The molecule has 3 rings (SSSR count). The summed E-state index contributed by atoms with van der Waals surface area (Å²) in [7, 11) is 0. The minimum absolute atomic E-state index is 0.0570. The quantitative estimate of drug-likeness (QED) is 0.676. The SMILES string of the molecule is CC(=O)NC(CCN1CCC(O)(Cc2ccccc2)CC1)C(=O)c1ccccc1. The van der Waals surface area contributed by atoms with E-state index in [0.29, 0.717) is 37.8 Å². The maximum absolute atomic E-state index is 12.8. The summed E-state index contributed by atoms with van der Waals surface area (Å²) in [5.41, 5.74) is 1.10. The molecule has 0 aromatic heterocycles. The molecule has 5 nitrogen and oxygen atoms in total. The van der Waals surface area contributed by atoms with E-state index >= 15 is 0 Å². The molecule has 2 aromatic rings. The van der Waals surface area contributed by atoms with Crippen LogP contribution in [0, 0.1) is 0 Å². The van der Waals surface area contributed by atoms with Crippen LogP contribution in [-0.2, 0) is 11.2 Å². The fraction of sp³-hybridized carbons (Fsp3) is 0.417. The van der Waals surface area contributed by atoms with Crippen LogP contribution in [0.15, 0.2) is 60.7 Å². The van der Waals surface area contributed by atoms with Crippen LogP contribution in [0.25, 0.3) is 0 Å². The molecule has 2 aromatic carbocycles. The van der Waals surface area contributed by atoms with Crippen molar-refractivity contribution in [1.29, 1.82) is 0 Å². The molecule has 154 valence electrons. The number of Topliss-reactive ketones (excluding diaryl/α,β-unsaturated/α-hetero) is 1. The number of carbonyl (C=O) groups is 2. The largest absolute Gasteiger partial charge is 0.389 e. The van der Waals surface area contributed by atoms with E-state index in [2.05, 4.69) is 22.3 Å². The van der Waals surface area contributed by atoms with Crippen molar-refractivity contribution in [3.63, 3.8) is 0 Å². The highest BCUT2D eigenvalue weighted by atomic mass is 16.3. The number of amides is 1. The van der Waals surface area contributed by atoms with Gasteiger partial charge in [-0.2, -0.15) is 0 Å². The zero-order valence-electron chi connectivity index (χ0n) is 17.0. The van der Waals surface area contributed by atoms with E-state index in [4.69, 9.17) is 0 Å². The summed E-state index contributed by atoms with van der Waals surface area (Å²) >= 11 is 0. The second-order valence-corrected chi connectivity index (χ2v) is 8.00. The molecule has 0 aliphatic carbocycles. The molecular formula is C24H30N2O3. The van der Waals surface area contributed by atoms with Gasteiger partial charge >= 0.3 is 0 Å². The summed E-state index contributed by atoms with van der Waals surface area (Å²) in [6.45, 7) is 3.73. The maximum atomic E-state index is 12.8. The van der Waals surface area contributed by atoms with Crippen molar-refractivity contribution in [2.75, 3.05) is 19.6 Å². The van der Waals surface area contributed by atoms with Gasteiger partial charge < -0.3 is 15.3 Å². The molecule has 0 saturated carbocycles. The first-order valence-electron chi connectivity index (χ1n) is 10.3. The highest BCUT2D eigenvalue weighted by Gasteiger charge is 2.32. The van der Waals surface area contributed by atoms with E-state index in [1.807, 2.05) is 36.4 Å². The molecule has 0 bridgehead atoms. The average molecular weight is 395 g/mol. The van der Waals surface area contributed by atoms with Crippen LogP contribution in [0.2, 0.25) is 0 Å². The Morgan fingerprint density at radius 1 is 1.03 bits per heavy atom. The first-order chi connectivity index (χ1) is 14.0. The molecule has 0 radical (unpaired) electrons. The van der Waals surface area contributed by atoms with Crippen molar-refractivity contribution in [3.05, 3.63) is 71.8 Å².